The molecule has 2 aromatic rings. The number of nitrogens with zero attached hydrogens (tertiary/aromatic N) is 5. The summed E-state index contributed by atoms with van der Waals surface area (Å²) in [6, 6.07) is 0.437. The zero-order valence-electron chi connectivity index (χ0n) is 14.8. The number of aliphatic carboxylic acids is 1. The molecule has 0 bridgehead atoms. The van der Waals surface area contributed by atoms with E-state index in [1.807, 2.05) is 0 Å². The minimum atomic E-state index is -4.70. The number of carboxylic acid groups (broad SMARTS) is 1. The third-order valence-electron chi connectivity index (χ3n) is 4.60. The smallest absolute Gasteiger partial charge is 0.453 e. The summed E-state index contributed by atoms with van der Waals surface area (Å²) in [5.74, 6) is -2.66. The summed E-state index contributed by atoms with van der Waals surface area (Å²) in [7, 11) is 0. The van der Waals surface area contributed by atoms with E-state index in [0.29, 0.717) is 6.42 Å². The quantitative estimate of drug-likeness (QED) is 0.737. The average molecular weight is 400 g/mol. The highest BCUT2D eigenvalue weighted by Gasteiger charge is 2.37. The first-order valence-electron chi connectivity index (χ1n) is 8.77. The first-order chi connectivity index (χ1) is 13.2. The van der Waals surface area contributed by atoms with Crippen LogP contribution in [-0.2, 0) is 22.3 Å². The van der Waals surface area contributed by atoms with Crippen LogP contribution in [0.3, 0.4) is 0 Å². The molecule has 1 aliphatic carbocycles. The lowest BCUT2D eigenvalue weighted by Crippen LogP contribution is -2.29. The van der Waals surface area contributed by atoms with Crippen molar-refractivity contribution >= 4 is 17.7 Å². The molecule has 1 unspecified atom stereocenters. The lowest BCUT2D eigenvalue weighted by atomic mass is 9.98. The van der Waals surface area contributed by atoms with E-state index in [2.05, 4.69) is 20.5 Å². The second-order valence-electron chi connectivity index (χ2n) is 6.73. The predicted octanol–water partition coefficient (Wildman–Crippen LogP) is 2.34. The Labute approximate surface area is 157 Å². The van der Waals surface area contributed by atoms with Crippen LogP contribution in [-0.4, -0.2) is 41.5 Å². The van der Waals surface area contributed by atoms with Crippen LogP contribution in [0.5, 0.6) is 0 Å². The van der Waals surface area contributed by atoms with Crippen molar-refractivity contribution < 1.29 is 27.9 Å². The number of halogens is 3. The number of aromatic nitrogens is 5. The van der Waals surface area contributed by atoms with E-state index in [-0.39, 0.29) is 18.3 Å². The van der Waals surface area contributed by atoms with Gasteiger partial charge >= 0.3 is 12.1 Å². The maximum atomic E-state index is 12.8. The minimum absolute atomic E-state index is 0.110. The number of hydrogen-bond acceptors (Lipinski definition) is 5. The van der Waals surface area contributed by atoms with Crippen molar-refractivity contribution in [3.05, 3.63) is 24.4 Å². The number of nitrogens with one attached hydrogen (secondary N) is 1. The zero-order chi connectivity index (χ0) is 20.3. The van der Waals surface area contributed by atoms with Crippen LogP contribution in [0.1, 0.15) is 44.0 Å². The number of carboxylic acids is 1. The highest BCUT2D eigenvalue weighted by Crippen LogP contribution is 2.33. The van der Waals surface area contributed by atoms with Crippen LogP contribution in [0, 0.1) is 5.92 Å². The fourth-order valence-corrected chi connectivity index (χ4v) is 3.32. The van der Waals surface area contributed by atoms with Crippen LogP contribution >= 0.6 is 0 Å². The van der Waals surface area contributed by atoms with Gasteiger partial charge in [0.1, 0.15) is 18.9 Å². The number of carbonyl (C=O) groups is 2. The van der Waals surface area contributed by atoms with E-state index in [9.17, 15) is 22.8 Å². The molecule has 0 spiro atoms. The van der Waals surface area contributed by atoms with Crippen molar-refractivity contribution in [1.29, 1.82) is 0 Å². The van der Waals surface area contributed by atoms with Gasteiger partial charge in [-0.3, -0.25) is 14.3 Å². The van der Waals surface area contributed by atoms with Gasteiger partial charge in [-0.2, -0.15) is 18.3 Å². The molecule has 0 aliphatic heterocycles. The molecule has 2 heterocycles. The van der Waals surface area contributed by atoms with Gasteiger partial charge in [-0.25, -0.2) is 9.67 Å². The first kappa shape index (κ1) is 19.8. The third kappa shape index (κ3) is 4.87. The monoisotopic (exact) mass is 400 g/mol. The molecule has 2 N–H and O–H groups in total. The maximum Gasteiger partial charge on any atom is 0.453 e. The Morgan fingerprint density at radius 1 is 1.29 bits per heavy atom. The highest BCUT2D eigenvalue weighted by molar-refractivity contribution is 5.92. The molecule has 1 saturated carbocycles. The molecule has 1 amide bonds. The molecule has 1 atom stereocenters. The van der Waals surface area contributed by atoms with Gasteiger partial charge in [-0.05, 0) is 12.3 Å². The Hall–Kier alpha value is -2.92. The number of carbonyl (C=O) groups excluding carboxylic acids is 1. The number of alkyl halides is 3. The molecule has 0 radical (unpaired) electrons. The molecule has 152 valence electrons. The molecular formula is C16H19F3N6O3. The van der Waals surface area contributed by atoms with Crippen molar-refractivity contribution in [1.82, 2.24) is 24.5 Å². The number of rotatable bonds is 7. The molecular weight excluding hydrogens is 381 g/mol. The number of amides is 1. The van der Waals surface area contributed by atoms with Gasteiger partial charge in [0.05, 0.1) is 0 Å². The molecule has 1 aliphatic rings. The fourth-order valence-electron chi connectivity index (χ4n) is 3.32. The third-order valence-corrected chi connectivity index (χ3v) is 4.60. The average Bonchev–Trinajstić information content (AvgIpc) is 3.33. The SMILES string of the molecule is O=C(O)Cn1ccc(NC(=O)C(CC2CCCC2)n2cnc(C(F)(F)F)n2)n1. The summed E-state index contributed by atoms with van der Waals surface area (Å²) in [5, 5.41) is 18.7. The van der Waals surface area contributed by atoms with Gasteiger partial charge < -0.3 is 10.4 Å². The van der Waals surface area contributed by atoms with Crippen molar-refractivity contribution in [3.8, 4) is 0 Å². The zero-order valence-corrected chi connectivity index (χ0v) is 14.8. The lowest BCUT2D eigenvalue weighted by Gasteiger charge is -2.19. The van der Waals surface area contributed by atoms with E-state index in [4.69, 9.17) is 5.11 Å². The van der Waals surface area contributed by atoms with Crippen LogP contribution in [0.2, 0.25) is 0 Å². The summed E-state index contributed by atoms with van der Waals surface area (Å²) in [6.07, 6.45) is 1.76. The predicted molar refractivity (Wildman–Crippen MR) is 89.1 cm³/mol. The van der Waals surface area contributed by atoms with E-state index in [1.54, 1.807) is 0 Å². The summed E-state index contributed by atoms with van der Waals surface area (Å²) >= 11 is 0. The van der Waals surface area contributed by atoms with Crippen molar-refractivity contribution in [2.75, 3.05) is 5.32 Å². The summed E-state index contributed by atoms with van der Waals surface area (Å²) in [6.45, 7) is -0.376. The fraction of sp³-hybridized carbons (Fsp3) is 0.562. The minimum Gasteiger partial charge on any atom is -0.480 e. The molecule has 1 fully saturated rings. The van der Waals surface area contributed by atoms with Gasteiger partial charge in [0, 0.05) is 12.3 Å². The Morgan fingerprint density at radius 3 is 2.61 bits per heavy atom. The normalized spacial score (nSPS) is 16.2. The van der Waals surface area contributed by atoms with Crippen LogP contribution in [0.4, 0.5) is 19.0 Å². The summed E-state index contributed by atoms with van der Waals surface area (Å²) in [4.78, 5) is 26.7. The largest absolute Gasteiger partial charge is 0.480 e. The van der Waals surface area contributed by atoms with Gasteiger partial charge in [0.15, 0.2) is 5.82 Å². The Bertz CT molecular complexity index is 841. The maximum absolute atomic E-state index is 12.8. The van der Waals surface area contributed by atoms with E-state index in [0.717, 1.165) is 41.4 Å². The first-order valence-corrected chi connectivity index (χ1v) is 8.77. The highest BCUT2D eigenvalue weighted by atomic mass is 19.4. The Balaban J connectivity index is 1.77. The van der Waals surface area contributed by atoms with E-state index >= 15 is 0 Å². The van der Waals surface area contributed by atoms with Gasteiger partial charge in [0.25, 0.3) is 11.7 Å². The van der Waals surface area contributed by atoms with Gasteiger partial charge in [-0.1, -0.05) is 25.7 Å². The molecule has 12 heteroatoms. The summed E-state index contributed by atoms with van der Waals surface area (Å²) < 4.78 is 40.5. The van der Waals surface area contributed by atoms with Gasteiger partial charge in [0.2, 0.25) is 0 Å². The van der Waals surface area contributed by atoms with Crippen molar-refractivity contribution in [3.63, 3.8) is 0 Å². The number of anilines is 1. The topological polar surface area (TPSA) is 115 Å². The molecule has 0 saturated heterocycles. The second-order valence-corrected chi connectivity index (χ2v) is 6.73. The number of hydrogen-bond donors (Lipinski definition) is 2. The molecule has 28 heavy (non-hydrogen) atoms. The van der Waals surface area contributed by atoms with Gasteiger partial charge in [-0.15, -0.1) is 5.10 Å². The Kier molecular flexibility index (Phi) is 5.66. The lowest BCUT2D eigenvalue weighted by molar-refractivity contribution is -0.145. The Morgan fingerprint density at radius 2 is 2.00 bits per heavy atom. The van der Waals surface area contributed by atoms with E-state index < -0.39 is 29.9 Å². The molecule has 0 aromatic carbocycles. The van der Waals surface area contributed by atoms with Crippen LogP contribution in [0.25, 0.3) is 0 Å². The van der Waals surface area contributed by atoms with Crippen molar-refractivity contribution in [2.24, 2.45) is 5.92 Å². The van der Waals surface area contributed by atoms with Crippen LogP contribution < -0.4 is 5.32 Å². The molecule has 2 aromatic heterocycles. The molecule has 3 rings (SSSR count). The van der Waals surface area contributed by atoms with Crippen LogP contribution in [0.15, 0.2) is 18.6 Å². The summed E-state index contributed by atoms with van der Waals surface area (Å²) in [5.41, 5.74) is 0. The molecule has 9 nitrogen and oxygen atoms in total. The second kappa shape index (κ2) is 7.98. The van der Waals surface area contributed by atoms with E-state index in [1.165, 1.54) is 12.3 Å². The standard InChI is InChI=1S/C16H19F3N6O3/c17-16(18,19)15-20-9-25(23-15)11(7-10-3-1-2-4-10)14(28)21-12-5-6-24(22-12)8-13(26)27/h5-6,9-11H,1-4,7-8H2,(H,26,27)(H,21,22,28). The van der Waals surface area contributed by atoms with Crippen molar-refractivity contribution in [2.45, 2.75) is 50.9 Å².